The van der Waals surface area contributed by atoms with Gasteiger partial charge in [-0.3, -0.25) is 19.7 Å². The standard InChI is InChI=1S/C23H14BrNO4/c24-23-20(19(26)17-8-4-5-9-18(17)21(23)27)22(23,14-6-2-1-3-7-14)15-10-12-16(13-11-15)25(28)29/h1-13,20H/t20-,22-,23-/m0/s1. The quantitative estimate of drug-likeness (QED) is 0.330. The van der Waals surface area contributed by atoms with Gasteiger partial charge in [0.05, 0.1) is 16.3 Å². The van der Waals surface area contributed by atoms with Crippen molar-refractivity contribution in [3.05, 3.63) is 111 Å². The lowest BCUT2D eigenvalue weighted by Crippen LogP contribution is -2.31. The van der Waals surface area contributed by atoms with Crippen molar-refractivity contribution in [2.24, 2.45) is 5.92 Å². The maximum atomic E-state index is 13.6. The average molecular weight is 448 g/mol. The molecule has 3 aromatic carbocycles. The molecule has 5 nitrogen and oxygen atoms in total. The molecule has 0 bridgehead atoms. The third-order valence-electron chi connectivity index (χ3n) is 6.11. The lowest BCUT2D eigenvalue weighted by molar-refractivity contribution is -0.384. The van der Waals surface area contributed by atoms with Crippen LogP contribution in [0.15, 0.2) is 78.9 Å². The number of alkyl halides is 1. The molecule has 0 aliphatic heterocycles. The molecule has 0 unspecified atom stereocenters. The first-order chi connectivity index (χ1) is 13.9. The molecule has 5 rings (SSSR count). The second-order valence-electron chi connectivity index (χ2n) is 7.36. The van der Waals surface area contributed by atoms with Crippen LogP contribution >= 0.6 is 15.9 Å². The normalized spacial score (nSPS) is 27.1. The fourth-order valence-electron chi connectivity index (χ4n) is 4.84. The highest BCUT2D eigenvalue weighted by Gasteiger charge is 2.84. The Hall–Kier alpha value is -3.12. The van der Waals surface area contributed by atoms with E-state index in [4.69, 9.17) is 0 Å². The first kappa shape index (κ1) is 17.9. The molecule has 0 N–H and O–H groups in total. The van der Waals surface area contributed by atoms with Gasteiger partial charge in [-0.1, -0.05) is 82.7 Å². The van der Waals surface area contributed by atoms with Crippen molar-refractivity contribution in [1.82, 2.24) is 0 Å². The number of carbonyl (C=O) groups is 2. The molecule has 0 heterocycles. The van der Waals surface area contributed by atoms with Crippen LogP contribution in [0, 0.1) is 16.0 Å². The third-order valence-corrected chi connectivity index (χ3v) is 7.56. The Morgan fingerprint density at radius 3 is 1.97 bits per heavy atom. The third kappa shape index (κ3) is 2.09. The second kappa shape index (κ2) is 5.94. The molecule has 0 saturated heterocycles. The van der Waals surface area contributed by atoms with Gasteiger partial charge < -0.3 is 0 Å². The number of halogens is 1. The van der Waals surface area contributed by atoms with Gasteiger partial charge in [0.1, 0.15) is 4.32 Å². The van der Waals surface area contributed by atoms with Crippen LogP contribution in [0.2, 0.25) is 0 Å². The van der Waals surface area contributed by atoms with E-state index in [9.17, 15) is 19.7 Å². The number of hydrogen-bond acceptors (Lipinski definition) is 4. The average Bonchev–Trinajstić information content (AvgIpc) is 3.35. The van der Waals surface area contributed by atoms with Crippen LogP contribution in [-0.2, 0) is 5.41 Å². The SMILES string of the molecule is O=C1c2ccccc2C(=O)[C@@]2(Br)[C@@H]1[C@]2(c1ccccc1)c1ccc([N+](=O)[O-])cc1. The Morgan fingerprint density at radius 1 is 0.793 bits per heavy atom. The second-order valence-corrected chi connectivity index (χ2v) is 8.61. The summed E-state index contributed by atoms with van der Waals surface area (Å²) >= 11 is 3.68. The zero-order chi connectivity index (χ0) is 20.4. The van der Waals surface area contributed by atoms with Gasteiger partial charge >= 0.3 is 0 Å². The van der Waals surface area contributed by atoms with E-state index in [0.29, 0.717) is 16.7 Å². The highest BCUT2D eigenvalue weighted by Crippen LogP contribution is 2.74. The minimum absolute atomic E-state index is 0.0369. The number of nitro groups is 1. The van der Waals surface area contributed by atoms with Crippen LogP contribution in [-0.4, -0.2) is 20.8 Å². The summed E-state index contributed by atoms with van der Waals surface area (Å²) in [7, 11) is 0. The summed E-state index contributed by atoms with van der Waals surface area (Å²) in [4.78, 5) is 37.7. The van der Waals surface area contributed by atoms with Crippen molar-refractivity contribution in [3.63, 3.8) is 0 Å². The molecule has 1 fully saturated rings. The van der Waals surface area contributed by atoms with E-state index >= 15 is 0 Å². The summed E-state index contributed by atoms with van der Waals surface area (Å²) in [5, 5.41) is 11.1. The molecule has 6 heteroatoms. The molecule has 2 aliphatic rings. The molecule has 3 aromatic rings. The fraction of sp³-hybridized carbons (Fsp3) is 0.130. The van der Waals surface area contributed by atoms with E-state index in [1.807, 2.05) is 30.3 Å². The number of hydrogen-bond donors (Lipinski definition) is 0. The molecule has 0 radical (unpaired) electrons. The van der Waals surface area contributed by atoms with Gasteiger partial charge in [-0.25, -0.2) is 0 Å². The minimum Gasteiger partial charge on any atom is -0.294 e. The maximum Gasteiger partial charge on any atom is 0.269 e. The number of carbonyl (C=O) groups excluding carboxylic acids is 2. The summed E-state index contributed by atoms with van der Waals surface area (Å²) in [5.41, 5.74) is 1.39. The number of nitro benzene ring substituents is 1. The predicted molar refractivity (Wildman–Crippen MR) is 111 cm³/mol. The number of fused-ring (bicyclic) bond motifs is 2. The van der Waals surface area contributed by atoms with Gasteiger partial charge in [-0.05, 0) is 11.1 Å². The molecular weight excluding hydrogens is 434 g/mol. The molecule has 142 valence electrons. The highest BCUT2D eigenvalue weighted by molar-refractivity contribution is 9.10. The number of ketones is 2. The van der Waals surface area contributed by atoms with Crippen molar-refractivity contribution in [3.8, 4) is 0 Å². The largest absolute Gasteiger partial charge is 0.294 e. The van der Waals surface area contributed by atoms with Crippen LogP contribution in [0.1, 0.15) is 31.8 Å². The van der Waals surface area contributed by atoms with Crippen LogP contribution in [0.3, 0.4) is 0 Å². The molecule has 0 aromatic heterocycles. The van der Waals surface area contributed by atoms with Crippen LogP contribution in [0.25, 0.3) is 0 Å². The zero-order valence-corrected chi connectivity index (χ0v) is 16.6. The van der Waals surface area contributed by atoms with Gasteiger partial charge in [0, 0.05) is 23.3 Å². The van der Waals surface area contributed by atoms with E-state index in [1.165, 1.54) is 12.1 Å². The number of non-ortho nitro benzene ring substituents is 1. The molecule has 3 atom stereocenters. The molecule has 0 amide bonds. The van der Waals surface area contributed by atoms with Crippen molar-refractivity contribution in [2.75, 3.05) is 0 Å². The number of benzene rings is 3. The molecular formula is C23H14BrNO4. The Kier molecular flexibility index (Phi) is 3.67. The highest BCUT2D eigenvalue weighted by atomic mass is 79.9. The Labute approximate surface area is 174 Å². The van der Waals surface area contributed by atoms with Crippen molar-refractivity contribution in [1.29, 1.82) is 0 Å². The van der Waals surface area contributed by atoms with Gasteiger partial charge in [0.25, 0.3) is 5.69 Å². The van der Waals surface area contributed by atoms with E-state index in [2.05, 4.69) is 15.9 Å². The lowest BCUT2D eigenvalue weighted by Gasteiger charge is -2.22. The molecule has 1 saturated carbocycles. The number of rotatable bonds is 3. The topological polar surface area (TPSA) is 77.3 Å². The van der Waals surface area contributed by atoms with Gasteiger partial charge in [0.15, 0.2) is 11.6 Å². The van der Waals surface area contributed by atoms with E-state index in [0.717, 1.165) is 5.56 Å². The van der Waals surface area contributed by atoms with Crippen LogP contribution in [0.5, 0.6) is 0 Å². The summed E-state index contributed by atoms with van der Waals surface area (Å²) in [5.74, 6) is -0.861. The first-order valence-electron chi connectivity index (χ1n) is 9.11. The summed E-state index contributed by atoms with van der Waals surface area (Å²) < 4.78 is -1.12. The maximum absolute atomic E-state index is 13.6. The van der Waals surface area contributed by atoms with Crippen LogP contribution in [0.4, 0.5) is 5.69 Å². The number of nitrogens with zero attached hydrogens (tertiary/aromatic N) is 1. The number of Topliss-reactive ketones (excluding diaryl/α,β-unsaturated/α-hetero) is 2. The summed E-state index contributed by atoms with van der Waals surface area (Å²) in [6, 6.07) is 22.4. The van der Waals surface area contributed by atoms with Gasteiger partial charge in [0.2, 0.25) is 0 Å². The van der Waals surface area contributed by atoms with E-state index < -0.39 is 20.6 Å². The smallest absolute Gasteiger partial charge is 0.269 e. The monoisotopic (exact) mass is 447 g/mol. The molecule has 2 aliphatic carbocycles. The lowest BCUT2D eigenvalue weighted by atomic mass is 9.83. The van der Waals surface area contributed by atoms with Gasteiger partial charge in [-0.15, -0.1) is 0 Å². The van der Waals surface area contributed by atoms with Gasteiger partial charge in [-0.2, -0.15) is 0 Å². The van der Waals surface area contributed by atoms with Crippen molar-refractivity contribution < 1.29 is 14.5 Å². The Bertz CT molecular complexity index is 1190. The Morgan fingerprint density at radius 2 is 1.34 bits per heavy atom. The van der Waals surface area contributed by atoms with E-state index in [-0.39, 0.29) is 17.3 Å². The predicted octanol–water partition coefficient (Wildman–Crippen LogP) is 4.72. The van der Waals surface area contributed by atoms with E-state index in [1.54, 1.807) is 36.4 Å². The summed E-state index contributed by atoms with van der Waals surface area (Å²) in [6.07, 6.45) is 0. The molecule has 29 heavy (non-hydrogen) atoms. The van der Waals surface area contributed by atoms with Crippen LogP contribution < -0.4 is 0 Å². The van der Waals surface area contributed by atoms with Crippen molar-refractivity contribution in [2.45, 2.75) is 9.74 Å². The Balaban J connectivity index is 1.78. The molecule has 0 spiro atoms. The minimum atomic E-state index is -1.12. The fourth-order valence-corrected chi connectivity index (χ4v) is 6.18. The zero-order valence-electron chi connectivity index (χ0n) is 15.0. The first-order valence-corrected chi connectivity index (χ1v) is 9.90. The van der Waals surface area contributed by atoms with Crippen molar-refractivity contribution >= 4 is 33.2 Å². The summed E-state index contributed by atoms with van der Waals surface area (Å²) in [6.45, 7) is 0.